The Kier molecular flexibility index (Phi) is 7.36. The minimum Gasteiger partial charge on any atom is -0.396 e. The van der Waals surface area contributed by atoms with E-state index in [1.807, 2.05) is 42.2 Å². The van der Waals surface area contributed by atoms with Gasteiger partial charge in [0.05, 0.1) is 24.4 Å². The van der Waals surface area contributed by atoms with Crippen LogP contribution < -0.4 is 16.0 Å². The molecule has 1 aromatic heterocycles. The van der Waals surface area contributed by atoms with Gasteiger partial charge in [-0.2, -0.15) is 0 Å². The number of nitrogens with two attached hydrogens (primary N) is 1. The fourth-order valence-electron chi connectivity index (χ4n) is 4.55. The zero-order chi connectivity index (χ0) is 24.2. The summed E-state index contributed by atoms with van der Waals surface area (Å²) in [5.74, 6) is 1.34. The molecule has 1 aliphatic heterocycles. The van der Waals surface area contributed by atoms with E-state index < -0.39 is 0 Å². The highest BCUT2D eigenvalue weighted by molar-refractivity contribution is 5.91. The van der Waals surface area contributed by atoms with Crippen LogP contribution in [0.5, 0.6) is 0 Å². The second kappa shape index (κ2) is 10.4. The van der Waals surface area contributed by atoms with Crippen molar-refractivity contribution >= 4 is 29.0 Å². The Bertz CT molecular complexity index is 1050. The van der Waals surface area contributed by atoms with Crippen LogP contribution in [-0.4, -0.2) is 61.1 Å². The van der Waals surface area contributed by atoms with E-state index in [-0.39, 0.29) is 17.9 Å². The van der Waals surface area contributed by atoms with E-state index >= 15 is 0 Å². The molecule has 2 aromatic rings. The van der Waals surface area contributed by atoms with E-state index in [1.54, 1.807) is 7.11 Å². The van der Waals surface area contributed by atoms with Crippen LogP contribution >= 0.6 is 0 Å². The normalized spacial score (nSPS) is 18.1. The van der Waals surface area contributed by atoms with Crippen molar-refractivity contribution in [3.63, 3.8) is 0 Å². The van der Waals surface area contributed by atoms with E-state index in [1.165, 1.54) is 0 Å². The molecule has 182 valence electrons. The number of hydrogen-bond donors (Lipinski definition) is 2. The highest BCUT2D eigenvalue weighted by Crippen LogP contribution is 2.45. The van der Waals surface area contributed by atoms with Crippen molar-refractivity contribution in [3.05, 3.63) is 36.0 Å². The third-order valence-corrected chi connectivity index (χ3v) is 6.57. The molecule has 8 nitrogen and oxygen atoms in total. The van der Waals surface area contributed by atoms with Crippen LogP contribution in [0.15, 0.2) is 30.3 Å². The van der Waals surface area contributed by atoms with E-state index in [4.69, 9.17) is 15.5 Å². The molecular formula is C26H35N5O3. The molecule has 1 atom stereocenters. The first-order valence-electron chi connectivity index (χ1n) is 12.1. The van der Waals surface area contributed by atoms with Gasteiger partial charge in [-0.1, -0.05) is 19.1 Å². The van der Waals surface area contributed by atoms with Crippen molar-refractivity contribution in [2.24, 2.45) is 0 Å². The van der Waals surface area contributed by atoms with Gasteiger partial charge < -0.3 is 25.6 Å². The van der Waals surface area contributed by atoms with Crippen molar-refractivity contribution in [3.8, 4) is 11.1 Å². The number of carbonyl (C=O) groups excluding carboxylic acids is 2. The van der Waals surface area contributed by atoms with Crippen molar-refractivity contribution < 1.29 is 14.3 Å². The second-order valence-electron chi connectivity index (χ2n) is 9.22. The molecule has 1 aliphatic carbocycles. The molecule has 8 heteroatoms. The van der Waals surface area contributed by atoms with Crippen LogP contribution in [0.4, 0.5) is 17.2 Å². The van der Waals surface area contributed by atoms with Gasteiger partial charge in [0.2, 0.25) is 11.8 Å². The van der Waals surface area contributed by atoms with Crippen molar-refractivity contribution in [1.82, 2.24) is 9.88 Å². The fraction of sp³-hybridized carbons (Fsp3) is 0.500. The van der Waals surface area contributed by atoms with Gasteiger partial charge in [0.25, 0.3) is 0 Å². The lowest BCUT2D eigenvalue weighted by Crippen LogP contribution is -2.54. The Hall–Kier alpha value is -3.13. The minimum atomic E-state index is -0.0125. The van der Waals surface area contributed by atoms with Gasteiger partial charge in [-0.05, 0) is 43.5 Å². The lowest BCUT2D eigenvalue weighted by molar-refractivity contribution is -0.134. The monoisotopic (exact) mass is 465 g/mol. The zero-order valence-corrected chi connectivity index (χ0v) is 20.3. The van der Waals surface area contributed by atoms with Crippen LogP contribution in [0.25, 0.3) is 11.1 Å². The van der Waals surface area contributed by atoms with Gasteiger partial charge in [-0.3, -0.25) is 9.59 Å². The summed E-state index contributed by atoms with van der Waals surface area (Å²) in [7, 11) is 1.61. The van der Waals surface area contributed by atoms with Crippen LogP contribution in [0, 0.1) is 0 Å². The number of methoxy groups -OCH3 is 1. The predicted molar refractivity (Wildman–Crippen MR) is 135 cm³/mol. The lowest BCUT2D eigenvalue weighted by atomic mass is 9.99. The largest absolute Gasteiger partial charge is 0.396 e. The van der Waals surface area contributed by atoms with Crippen LogP contribution in [0.3, 0.4) is 0 Å². The molecule has 0 spiro atoms. The number of rotatable bonds is 8. The number of nitrogens with zero attached hydrogens (tertiary/aromatic N) is 3. The molecule has 2 aliphatic rings. The van der Waals surface area contributed by atoms with Crippen molar-refractivity contribution in [2.75, 3.05) is 49.3 Å². The number of pyridine rings is 1. The smallest absolute Gasteiger partial charge is 0.225 e. The molecule has 1 unspecified atom stereocenters. The van der Waals surface area contributed by atoms with E-state index in [9.17, 15) is 9.59 Å². The topological polar surface area (TPSA) is 101 Å². The number of hydrogen-bond acceptors (Lipinski definition) is 6. The average Bonchev–Trinajstić information content (AvgIpc) is 3.67. The summed E-state index contributed by atoms with van der Waals surface area (Å²) in [6.07, 6.45) is 3.07. The van der Waals surface area contributed by atoms with Crippen LogP contribution in [0.1, 0.15) is 51.1 Å². The lowest BCUT2D eigenvalue weighted by Gasteiger charge is -2.41. The van der Waals surface area contributed by atoms with Crippen LogP contribution in [0.2, 0.25) is 0 Å². The Morgan fingerprint density at radius 1 is 1.24 bits per heavy atom. The minimum absolute atomic E-state index is 0.0125. The number of ether oxygens (including phenoxy) is 1. The Morgan fingerprint density at radius 2 is 2.03 bits per heavy atom. The number of anilines is 3. The quantitative estimate of drug-likeness (QED) is 0.617. The Balaban J connectivity index is 1.58. The summed E-state index contributed by atoms with van der Waals surface area (Å²) in [5.41, 5.74) is 11.1. The fourth-order valence-corrected chi connectivity index (χ4v) is 4.55. The van der Waals surface area contributed by atoms with Crippen molar-refractivity contribution in [1.29, 1.82) is 0 Å². The van der Waals surface area contributed by atoms with Crippen LogP contribution in [-0.2, 0) is 14.3 Å². The molecule has 0 bridgehead atoms. The van der Waals surface area contributed by atoms with Gasteiger partial charge in [-0.25, -0.2) is 4.98 Å². The van der Waals surface area contributed by atoms with E-state index in [2.05, 4.69) is 17.1 Å². The second-order valence-corrected chi connectivity index (χ2v) is 9.22. The maximum Gasteiger partial charge on any atom is 0.225 e. The number of benzene rings is 1. The third kappa shape index (κ3) is 5.33. The number of nitrogens with one attached hydrogen (secondary N) is 1. The Morgan fingerprint density at radius 3 is 2.71 bits per heavy atom. The molecular weight excluding hydrogens is 430 g/mol. The first kappa shape index (κ1) is 24.0. The molecule has 34 heavy (non-hydrogen) atoms. The molecule has 4 rings (SSSR count). The predicted octanol–water partition coefficient (Wildman–Crippen LogP) is 3.63. The maximum atomic E-state index is 12.5. The first-order valence-corrected chi connectivity index (χ1v) is 12.1. The summed E-state index contributed by atoms with van der Waals surface area (Å²) in [6, 6.07) is 9.97. The molecule has 1 saturated heterocycles. The van der Waals surface area contributed by atoms with Gasteiger partial charge in [0.15, 0.2) is 5.82 Å². The van der Waals surface area contributed by atoms with Gasteiger partial charge >= 0.3 is 0 Å². The maximum absolute atomic E-state index is 12.5. The van der Waals surface area contributed by atoms with Gasteiger partial charge in [0, 0.05) is 56.4 Å². The number of nitrogen functional groups attached to an aromatic ring is 1. The van der Waals surface area contributed by atoms with Gasteiger partial charge in [-0.15, -0.1) is 0 Å². The molecule has 1 aromatic carbocycles. The Labute approximate surface area is 201 Å². The van der Waals surface area contributed by atoms with E-state index in [0.717, 1.165) is 41.2 Å². The third-order valence-electron chi connectivity index (χ3n) is 6.57. The summed E-state index contributed by atoms with van der Waals surface area (Å²) >= 11 is 0. The van der Waals surface area contributed by atoms with Crippen molar-refractivity contribution in [2.45, 2.75) is 51.5 Å². The first-order chi connectivity index (χ1) is 16.4. The number of carbonyl (C=O) groups is 2. The molecule has 1 saturated carbocycles. The number of amides is 2. The number of aromatic nitrogens is 1. The standard InChI is InChI=1S/C26H35N5O3/c1-4-23(32)28-20-7-5-6-19(14-20)21-15-22(27)26(29-25(21)18-8-9-18)30-11-12-31(17(2)16-30)24(33)10-13-34-3/h5-7,14-15,17-18H,4,8-13,16,27H2,1-3H3,(H,28,32). The number of piperazine rings is 1. The molecule has 3 N–H and O–H groups in total. The van der Waals surface area contributed by atoms with Gasteiger partial charge in [0.1, 0.15) is 0 Å². The summed E-state index contributed by atoms with van der Waals surface area (Å²) in [4.78, 5) is 33.6. The highest BCUT2D eigenvalue weighted by Gasteiger charge is 2.32. The SMILES string of the molecule is CCC(=O)Nc1cccc(-c2cc(N)c(N3CCN(C(=O)CCOC)C(C)C3)nc2C2CC2)c1. The van der Waals surface area contributed by atoms with E-state index in [0.29, 0.717) is 50.7 Å². The summed E-state index contributed by atoms with van der Waals surface area (Å²) < 4.78 is 5.06. The molecule has 0 radical (unpaired) electrons. The average molecular weight is 466 g/mol. The summed E-state index contributed by atoms with van der Waals surface area (Å²) in [5, 5.41) is 2.94. The molecule has 2 heterocycles. The summed E-state index contributed by atoms with van der Waals surface area (Å²) in [6.45, 7) is 6.38. The highest BCUT2D eigenvalue weighted by atomic mass is 16.5. The molecule has 2 fully saturated rings. The zero-order valence-electron chi connectivity index (χ0n) is 20.3. The molecule has 2 amide bonds.